The van der Waals surface area contributed by atoms with E-state index in [-0.39, 0.29) is 29.8 Å². The largest absolute Gasteiger partial charge is 0.352 e. The van der Waals surface area contributed by atoms with Crippen LogP contribution in [0.2, 0.25) is 0 Å². The zero-order chi connectivity index (χ0) is 23.4. The van der Waals surface area contributed by atoms with Gasteiger partial charge >= 0.3 is 0 Å². The Kier molecular flexibility index (Phi) is 6.84. The average molecular weight is 448 g/mol. The first-order valence-corrected chi connectivity index (χ1v) is 11.2. The molecule has 1 aromatic heterocycles. The Morgan fingerprint density at radius 2 is 1.88 bits per heavy atom. The highest BCUT2D eigenvalue weighted by Gasteiger charge is 2.28. The van der Waals surface area contributed by atoms with Gasteiger partial charge in [0.1, 0.15) is 5.82 Å². The minimum atomic E-state index is -0.109. The molecule has 1 fully saturated rings. The third-order valence-electron chi connectivity index (χ3n) is 5.53. The van der Waals surface area contributed by atoms with Crippen LogP contribution in [0.5, 0.6) is 0 Å². The van der Waals surface area contributed by atoms with Gasteiger partial charge in [-0.25, -0.2) is 4.98 Å². The molecule has 0 unspecified atom stereocenters. The molecule has 0 saturated heterocycles. The van der Waals surface area contributed by atoms with Gasteiger partial charge in [0.15, 0.2) is 0 Å². The van der Waals surface area contributed by atoms with Gasteiger partial charge in [-0.15, -0.1) is 0 Å². The van der Waals surface area contributed by atoms with Crippen LogP contribution in [-0.2, 0) is 22.6 Å². The molecular formula is C25H29N5O3. The molecule has 1 aliphatic rings. The molecule has 3 aromatic rings. The normalized spacial score (nSPS) is 13.3. The van der Waals surface area contributed by atoms with Crippen molar-refractivity contribution in [2.24, 2.45) is 0 Å². The molecule has 33 heavy (non-hydrogen) atoms. The second-order valence-corrected chi connectivity index (χ2v) is 8.71. The second kappa shape index (κ2) is 9.95. The van der Waals surface area contributed by atoms with Crippen molar-refractivity contribution in [2.45, 2.75) is 38.3 Å². The number of hydrogen-bond acceptors (Lipinski definition) is 5. The molecule has 0 radical (unpaired) electrons. The minimum absolute atomic E-state index is 0.0216. The monoisotopic (exact) mass is 447 g/mol. The molecule has 2 amide bonds. The van der Waals surface area contributed by atoms with Gasteiger partial charge in [-0.1, -0.05) is 24.3 Å². The summed E-state index contributed by atoms with van der Waals surface area (Å²) in [5.41, 5.74) is 2.24. The van der Waals surface area contributed by atoms with Gasteiger partial charge < -0.3 is 15.5 Å². The van der Waals surface area contributed by atoms with Crippen LogP contribution in [0.4, 0.5) is 5.69 Å². The number of fused-ring (bicyclic) bond motifs is 1. The molecule has 8 nitrogen and oxygen atoms in total. The first kappa shape index (κ1) is 22.7. The molecule has 2 N–H and O–H groups in total. The number of carbonyl (C=O) groups is 2. The lowest BCUT2D eigenvalue weighted by molar-refractivity contribution is -0.121. The molecule has 4 rings (SSSR count). The Morgan fingerprint density at radius 3 is 2.64 bits per heavy atom. The van der Waals surface area contributed by atoms with E-state index in [0.717, 1.165) is 18.4 Å². The Morgan fingerprint density at radius 1 is 1.09 bits per heavy atom. The highest BCUT2D eigenvalue weighted by Crippen LogP contribution is 2.34. The number of aryl methyl sites for hydroxylation is 1. The van der Waals surface area contributed by atoms with Gasteiger partial charge in [-0.2, -0.15) is 0 Å². The molecule has 0 atom stereocenters. The van der Waals surface area contributed by atoms with Crippen LogP contribution in [0, 0.1) is 0 Å². The lowest BCUT2D eigenvalue weighted by atomic mass is 10.2. The number of rotatable bonds is 9. The van der Waals surface area contributed by atoms with Crippen molar-refractivity contribution < 1.29 is 9.59 Å². The SMILES string of the molecule is CN(C)CC(=O)Nc1cccc(CNC(=O)CCc2nc3ccccc3c(=O)n2C2CC2)c1. The van der Waals surface area contributed by atoms with Crippen molar-refractivity contribution in [2.75, 3.05) is 26.0 Å². The molecule has 1 heterocycles. The van der Waals surface area contributed by atoms with Gasteiger partial charge in [0.2, 0.25) is 11.8 Å². The van der Waals surface area contributed by atoms with Crippen molar-refractivity contribution >= 4 is 28.4 Å². The van der Waals surface area contributed by atoms with Crippen LogP contribution >= 0.6 is 0 Å². The molecule has 0 bridgehead atoms. The molecule has 1 saturated carbocycles. The number of nitrogens with one attached hydrogen (secondary N) is 2. The molecular weight excluding hydrogens is 418 g/mol. The number of nitrogens with zero attached hydrogens (tertiary/aromatic N) is 3. The van der Waals surface area contributed by atoms with Crippen molar-refractivity contribution in [1.29, 1.82) is 0 Å². The lowest BCUT2D eigenvalue weighted by Crippen LogP contribution is -2.28. The highest BCUT2D eigenvalue weighted by molar-refractivity contribution is 5.92. The van der Waals surface area contributed by atoms with E-state index < -0.39 is 0 Å². The van der Waals surface area contributed by atoms with E-state index in [9.17, 15) is 14.4 Å². The first-order chi connectivity index (χ1) is 15.9. The molecule has 172 valence electrons. The van der Waals surface area contributed by atoms with Gasteiger partial charge in [0, 0.05) is 31.1 Å². The minimum Gasteiger partial charge on any atom is -0.352 e. The van der Waals surface area contributed by atoms with Gasteiger partial charge in [-0.05, 0) is 56.8 Å². The maximum atomic E-state index is 12.9. The molecule has 8 heteroatoms. The summed E-state index contributed by atoms with van der Waals surface area (Å²) in [6.45, 7) is 0.659. The number of anilines is 1. The number of amides is 2. The molecule has 0 spiro atoms. The van der Waals surface area contributed by atoms with E-state index in [4.69, 9.17) is 0 Å². The lowest BCUT2D eigenvalue weighted by Gasteiger charge is -2.13. The van der Waals surface area contributed by atoms with E-state index in [2.05, 4.69) is 15.6 Å². The van der Waals surface area contributed by atoms with Crippen LogP contribution in [0.3, 0.4) is 0 Å². The second-order valence-electron chi connectivity index (χ2n) is 8.71. The Hall–Kier alpha value is -3.52. The standard InChI is InChI=1S/C25H29N5O3/c1-29(2)16-24(32)27-18-7-5-6-17(14-18)15-26-23(31)13-12-22-28-21-9-4-3-8-20(21)25(33)30(22)19-10-11-19/h3-9,14,19H,10-13,15-16H2,1-2H3,(H,26,31)(H,27,32). The average Bonchev–Trinajstić information content (AvgIpc) is 3.61. The van der Waals surface area contributed by atoms with Gasteiger partial charge in [0.05, 0.1) is 17.4 Å². The van der Waals surface area contributed by atoms with Crippen LogP contribution in [-0.4, -0.2) is 46.9 Å². The summed E-state index contributed by atoms with van der Waals surface area (Å²) in [5.74, 6) is 0.467. The van der Waals surface area contributed by atoms with E-state index in [1.807, 2.05) is 56.6 Å². The topological polar surface area (TPSA) is 96.3 Å². The van der Waals surface area contributed by atoms with Crippen molar-refractivity contribution in [3.8, 4) is 0 Å². The maximum Gasteiger partial charge on any atom is 0.261 e. The van der Waals surface area contributed by atoms with Crippen LogP contribution in [0.25, 0.3) is 10.9 Å². The molecule has 1 aliphatic carbocycles. The first-order valence-electron chi connectivity index (χ1n) is 11.2. The third kappa shape index (κ3) is 5.84. The summed E-state index contributed by atoms with van der Waals surface area (Å²) in [6, 6.07) is 15.0. The summed E-state index contributed by atoms with van der Waals surface area (Å²) in [7, 11) is 3.67. The number of para-hydroxylation sites is 1. The predicted molar refractivity (Wildman–Crippen MR) is 128 cm³/mol. The van der Waals surface area contributed by atoms with Crippen LogP contribution in [0.15, 0.2) is 53.3 Å². The Labute approximate surface area is 192 Å². The summed E-state index contributed by atoms with van der Waals surface area (Å²) in [4.78, 5) is 43.9. The summed E-state index contributed by atoms with van der Waals surface area (Å²) in [6.07, 6.45) is 2.60. The number of hydrogen-bond donors (Lipinski definition) is 2. The van der Waals surface area contributed by atoms with E-state index in [0.29, 0.717) is 41.9 Å². The molecule has 2 aromatic carbocycles. The summed E-state index contributed by atoms with van der Waals surface area (Å²) < 4.78 is 1.77. The fourth-order valence-corrected chi connectivity index (χ4v) is 3.84. The smallest absolute Gasteiger partial charge is 0.261 e. The van der Waals surface area contributed by atoms with Crippen LogP contribution in [0.1, 0.15) is 36.7 Å². The van der Waals surface area contributed by atoms with Crippen molar-refractivity contribution in [1.82, 2.24) is 19.8 Å². The number of aromatic nitrogens is 2. The summed E-state index contributed by atoms with van der Waals surface area (Å²) in [5, 5.41) is 6.40. The number of benzene rings is 2. The van der Waals surface area contributed by atoms with Gasteiger partial charge in [-0.3, -0.25) is 19.0 Å². The quantitative estimate of drug-likeness (QED) is 0.525. The fourth-order valence-electron chi connectivity index (χ4n) is 3.84. The van der Waals surface area contributed by atoms with Crippen LogP contribution < -0.4 is 16.2 Å². The van der Waals surface area contributed by atoms with E-state index in [1.165, 1.54) is 0 Å². The zero-order valence-electron chi connectivity index (χ0n) is 19.0. The third-order valence-corrected chi connectivity index (χ3v) is 5.53. The summed E-state index contributed by atoms with van der Waals surface area (Å²) >= 11 is 0. The molecule has 0 aliphatic heterocycles. The highest BCUT2D eigenvalue weighted by atomic mass is 16.2. The van der Waals surface area contributed by atoms with Crippen molar-refractivity contribution in [3.63, 3.8) is 0 Å². The Bertz CT molecular complexity index is 1230. The Balaban J connectivity index is 1.36. The maximum absolute atomic E-state index is 12.9. The van der Waals surface area contributed by atoms with Crippen molar-refractivity contribution in [3.05, 3.63) is 70.3 Å². The van der Waals surface area contributed by atoms with E-state index in [1.54, 1.807) is 15.5 Å². The number of likely N-dealkylation sites (N-methyl/N-ethyl adjacent to an activating group) is 1. The van der Waals surface area contributed by atoms with E-state index >= 15 is 0 Å². The number of carbonyl (C=O) groups excluding carboxylic acids is 2. The zero-order valence-corrected chi connectivity index (χ0v) is 19.0. The predicted octanol–water partition coefficient (Wildman–Crippen LogP) is 2.48. The fraction of sp³-hybridized carbons (Fsp3) is 0.360. The van der Waals surface area contributed by atoms with Gasteiger partial charge in [0.25, 0.3) is 5.56 Å².